The monoisotopic (exact) mass is 302 g/mol. The van der Waals surface area contributed by atoms with Gasteiger partial charge in [0.05, 0.1) is 11.0 Å². The van der Waals surface area contributed by atoms with Crippen molar-refractivity contribution < 1.29 is 0 Å². The molecule has 4 aromatic rings. The van der Waals surface area contributed by atoms with Crippen molar-refractivity contribution in [3.05, 3.63) is 54.6 Å². The van der Waals surface area contributed by atoms with E-state index < -0.39 is 0 Å². The van der Waals surface area contributed by atoms with Crippen molar-refractivity contribution in [1.29, 1.82) is 0 Å². The predicted octanol–water partition coefficient (Wildman–Crippen LogP) is 4.62. The Morgan fingerprint density at radius 1 is 0.870 bits per heavy atom. The van der Waals surface area contributed by atoms with Crippen LogP contribution in [-0.2, 0) is 0 Å². The van der Waals surface area contributed by atoms with Crippen molar-refractivity contribution in [3.63, 3.8) is 0 Å². The maximum atomic E-state index is 4.83. The summed E-state index contributed by atoms with van der Waals surface area (Å²) in [7, 11) is 0. The van der Waals surface area contributed by atoms with Gasteiger partial charge in [0.25, 0.3) is 0 Å². The summed E-state index contributed by atoms with van der Waals surface area (Å²) in [5.74, 6) is 0.935. The van der Waals surface area contributed by atoms with Gasteiger partial charge in [0.15, 0.2) is 11.3 Å². The van der Waals surface area contributed by atoms with E-state index in [2.05, 4.69) is 30.5 Å². The third-order valence-electron chi connectivity index (χ3n) is 4.27. The molecule has 0 fully saturated rings. The van der Waals surface area contributed by atoms with Crippen molar-refractivity contribution in [2.75, 3.05) is 0 Å². The molecule has 0 aliphatic heterocycles. The fourth-order valence-corrected chi connectivity index (χ4v) is 2.86. The highest BCUT2D eigenvalue weighted by molar-refractivity contribution is 5.84. The average Bonchev–Trinajstić information content (AvgIpc) is 2.98. The Bertz CT molecular complexity index is 973. The first-order chi connectivity index (χ1) is 11.3. The van der Waals surface area contributed by atoms with Crippen LogP contribution in [0, 0.1) is 0 Å². The number of hydrogen-bond donors (Lipinski definition) is 0. The molecule has 114 valence electrons. The number of para-hydroxylation sites is 2. The number of rotatable bonds is 3. The van der Waals surface area contributed by atoms with Crippen LogP contribution in [0.25, 0.3) is 33.7 Å². The maximum absolute atomic E-state index is 4.83. The van der Waals surface area contributed by atoms with Gasteiger partial charge in [-0.15, -0.1) is 0 Å². The van der Waals surface area contributed by atoms with Gasteiger partial charge in [0.2, 0.25) is 0 Å². The van der Waals surface area contributed by atoms with Crippen molar-refractivity contribution in [3.8, 4) is 11.4 Å². The minimum Gasteiger partial charge on any atom is -0.304 e. The third kappa shape index (κ3) is 2.27. The van der Waals surface area contributed by atoms with Crippen LogP contribution in [0.1, 0.15) is 26.3 Å². The topological polar surface area (TPSA) is 43.6 Å². The molecule has 0 aliphatic carbocycles. The average molecular weight is 302 g/mol. The van der Waals surface area contributed by atoms with Crippen LogP contribution in [0.3, 0.4) is 0 Å². The van der Waals surface area contributed by atoms with Gasteiger partial charge in [-0.3, -0.25) is 0 Å². The highest BCUT2D eigenvalue weighted by atomic mass is 15.2. The number of benzene rings is 2. The third-order valence-corrected chi connectivity index (χ3v) is 4.27. The van der Waals surface area contributed by atoms with Gasteiger partial charge < -0.3 is 4.57 Å². The second-order valence-corrected chi connectivity index (χ2v) is 5.79. The van der Waals surface area contributed by atoms with E-state index in [1.165, 1.54) is 0 Å². The summed E-state index contributed by atoms with van der Waals surface area (Å²) in [6, 6.07) is 18.5. The molecular weight excluding hydrogens is 284 g/mol. The molecular formula is C19H18N4. The zero-order chi connectivity index (χ0) is 15.8. The molecule has 0 aliphatic rings. The Kier molecular flexibility index (Phi) is 3.30. The molecule has 23 heavy (non-hydrogen) atoms. The molecule has 0 saturated carbocycles. The van der Waals surface area contributed by atoms with Crippen LogP contribution in [0.2, 0.25) is 0 Å². The van der Waals surface area contributed by atoms with Crippen molar-refractivity contribution in [1.82, 2.24) is 19.5 Å². The molecule has 2 heterocycles. The Balaban J connectivity index is 2.07. The highest BCUT2D eigenvalue weighted by Gasteiger charge is 2.18. The largest absolute Gasteiger partial charge is 0.304 e. The van der Waals surface area contributed by atoms with Crippen LogP contribution in [-0.4, -0.2) is 19.5 Å². The number of imidazole rings is 1. The molecule has 0 amide bonds. The van der Waals surface area contributed by atoms with E-state index >= 15 is 0 Å². The molecule has 1 atom stereocenters. The lowest BCUT2D eigenvalue weighted by atomic mass is 10.2. The molecule has 0 saturated heterocycles. The summed E-state index contributed by atoms with van der Waals surface area (Å²) >= 11 is 0. The summed E-state index contributed by atoms with van der Waals surface area (Å²) in [6.07, 6.45) is 1.01. The number of fused-ring (bicyclic) bond motifs is 2. The Morgan fingerprint density at radius 3 is 2.22 bits per heavy atom. The molecule has 4 heteroatoms. The minimum absolute atomic E-state index is 0.311. The fourth-order valence-electron chi connectivity index (χ4n) is 2.86. The van der Waals surface area contributed by atoms with E-state index in [0.29, 0.717) is 11.7 Å². The van der Waals surface area contributed by atoms with Crippen LogP contribution in [0.15, 0.2) is 54.6 Å². The number of aromatic nitrogens is 4. The minimum atomic E-state index is 0.311. The maximum Gasteiger partial charge on any atom is 0.198 e. The summed E-state index contributed by atoms with van der Waals surface area (Å²) in [5.41, 5.74) is 4.45. The first kappa shape index (κ1) is 13.9. The second kappa shape index (κ2) is 5.47. The molecule has 0 bridgehead atoms. The van der Waals surface area contributed by atoms with Gasteiger partial charge in [-0.2, -0.15) is 0 Å². The lowest BCUT2D eigenvalue weighted by Crippen LogP contribution is -2.07. The van der Waals surface area contributed by atoms with E-state index in [-0.39, 0.29) is 0 Å². The van der Waals surface area contributed by atoms with E-state index in [1.54, 1.807) is 0 Å². The van der Waals surface area contributed by atoms with Gasteiger partial charge in [-0.25, -0.2) is 15.0 Å². The van der Waals surface area contributed by atoms with E-state index in [9.17, 15) is 0 Å². The molecule has 0 N–H and O–H groups in total. The van der Waals surface area contributed by atoms with E-state index in [1.807, 2.05) is 42.5 Å². The van der Waals surface area contributed by atoms with Gasteiger partial charge in [0, 0.05) is 11.6 Å². The van der Waals surface area contributed by atoms with Gasteiger partial charge >= 0.3 is 0 Å². The number of nitrogens with zero attached hydrogens (tertiary/aromatic N) is 4. The molecule has 0 radical (unpaired) electrons. The van der Waals surface area contributed by atoms with Crippen molar-refractivity contribution in [2.45, 2.75) is 26.3 Å². The van der Waals surface area contributed by atoms with Gasteiger partial charge in [-0.1, -0.05) is 49.4 Å². The zero-order valence-electron chi connectivity index (χ0n) is 13.3. The molecule has 0 unspecified atom stereocenters. The summed E-state index contributed by atoms with van der Waals surface area (Å²) in [6.45, 7) is 4.38. The Hall–Kier alpha value is -2.75. The zero-order valence-corrected chi connectivity index (χ0v) is 13.3. The highest BCUT2D eigenvalue weighted by Crippen LogP contribution is 2.28. The van der Waals surface area contributed by atoms with Crippen LogP contribution < -0.4 is 0 Å². The standard InChI is InChI=1S/C19H18N4/c1-3-13(2)23-18(14-9-5-4-6-10-14)22-17-19(23)21-16-12-8-7-11-15(16)20-17/h4-13H,3H2,1-2H3/t13-/m1/s1. The lowest BCUT2D eigenvalue weighted by Gasteiger charge is -2.15. The predicted molar refractivity (Wildman–Crippen MR) is 93.3 cm³/mol. The summed E-state index contributed by atoms with van der Waals surface area (Å²) in [4.78, 5) is 14.3. The molecule has 4 nitrogen and oxygen atoms in total. The van der Waals surface area contributed by atoms with Crippen molar-refractivity contribution in [2.24, 2.45) is 0 Å². The van der Waals surface area contributed by atoms with E-state index in [0.717, 1.165) is 34.5 Å². The molecule has 2 aromatic carbocycles. The van der Waals surface area contributed by atoms with E-state index in [4.69, 9.17) is 15.0 Å². The summed E-state index contributed by atoms with van der Waals surface area (Å²) in [5, 5.41) is 0. The van der Waals surface area contributed by atoms with Crippen LogP contribution >= 0.6 is 0 Å². The molecule has 4 rings (SSSR count). The number of hydrogen-bond acceptors (Lipinski definition) is 3. The normalized spacial score (nSPS) is 12.8. The smallest absolute Gasteiger partial charge is 0.198 e. The molecule has 0 spiro atoms. The van der Waals surface area contributed by atoms with Crippen LogP contribution in [0.4, 0.5) is 0 Å². The Labute approximate surface area is 134 Å². The van der Waals surface area contributed by atoms with Gasteiger partial charge in [-0.05, 0) is 25.5 Å². The first-order valence-corrected chi connectivity index (χ1v) is 7.98. The quantitative estimate of drug-likeness (QED) is 0.554. The molecule has 2 aromatic heterocycles. The first-order valence-electron chi connectivity index (χ1n) is 7.98. The van der Waals surface area contributed by atoms with Crippen molar-refractivity contribution >= 4 is 22.3 Å². The fraction of sp³-hybridized carbons (Fsp3) is 0.211. The Morgan fingerprint density at radius 2 is 1.52 bits per heavy atom. The second-order valence-electron chi connectivity index (χ2n) is 5.79. The SMILES string of the molecule is CC[C@@H](C)n1c(-c2ccccc2)nc2nc3ccccc3nc21. The lowest BCUT2D eigenvalue weighted by molar-refractivity contribution is 0.547. The van der Waals surface area contributed by atoms with Crippen LogP contribution in [0.5, 0.6) is 0 Å². The summed E-state index contributed by atoms with van der Waals surface area (Å²) < 4.78 is 2.21. The van der Waals surface area contributed by atoms with Gasteiger partial charge in [0.1, 0.15) is 5.82 Å².